The van der Waals surface area contributed by atoms with E-state index < -0.39 is 8.07 Å². The summed E-state index contributed by atoms with van der Waals surface area (Å²) in [5, 5.41) is 2.03. The number of rotatable bonds is 2. The zero-order valence-electron chi connectivity index (χ0n) is 9.39. The van der Waals surface area contributed by atoms with Crippen molar-refractivity contribution in [2.24, 2.45) is 0 Å². The van der Waals surface area contributed by atoms with Crippen molar-refractivity contribution >= 4 is 30.6 Å². The Labute approximate surface area is 96.5 Å². The van der Waals surface area contributed by atoms with Crippen LogP contribution < -0.4 is 0 Å². The van der Waals surface area contributed by atoms with Gasteiger partial charge in [-0.1, -0.05) is 43.4 Å². The van der Waals surface area contributed by atoms with Gasteiger partial charge in [-0.15, -0.1) is 0 Å². The van der Waals surface area contributed by atoms with Gasteiger partial charge in [0.25, 0.3) is 0 Å². The number of nitrogens with one attached hydrogen (secondary N) is 1. The molecule has 0 saturated carbocycles. The van der Waals surface area contributed by atoms with Crippen LogP contribution in [0, 0.1) is 0 Å². The van der Waals surface area contributed by atoms with Crippen molar-refractivity contribution in [1.82, 2.24) is 4.98 Å². The van der Waals surface area contributed by atoms with Gasteiger partial charge in [0.05, 0.1) is 18.6 Å². The van der Waals surface area contributed by atoms with Gasteiger partial charge in [-0.3, -0.25) is 0 Å². The Balaban J connectivity index is 2.44. The number of para-hydroxylation sites is 1. The first-order chi connectivity index (χ1) is 6.96. The molecule has 0 aliphatic rings. The van der Waals surface area contributed by atoms with Crippen molar-refractivity contribution in [3.05, 3.63) is 35.0 Å². The molecule has 0 atom stereocenters. The highest BCUT2D eigenvalue weighted by atomic mass is 35.5. The number of halogens is 1. The van der Waals surface area contributed by atoms with Gasteiger partial charge in [0.15, 0.2) is 0 Å². The number of hydrogen-bond donors (Lipinski definition) is 1. The van der Waals surface area contributed by atoms with Crippen LogP contribution in [0.5, 0.6) is 0 Å². The first kappa shape index (κ1) is 10.8. The lowest BCUT2D eigenvalue weighted by atomic mass is 10.2. The zero-order chi connectivity index (χ0) is 11.1. The van der Waals surface area contributed by atoms with Crippen molar-refractivity contribution in [1.29, 1.82) is 0 Å². The predicted molar refractivity (Wildman–Crippen MR) is 70.4 cm³/mol. The van der Waals surface area contributed by atoms with Crippen molar-refractivity contribution in [3.63, 3.8) is 0 Å². The Morgan fingerprint density at radius 2 is 2.00 bits per heavy atom. The lowest BCUT2D eigenvalue weighted by molar-refractivity contribution is 1.20. The molecule has 0 saturated heterocycles. The minimum atomic E-state index is -1.05. The number of aromatic nitrogens is 1. The summed E-state index contributed by atoms with van der Waals surface area (Å²) < 4.78 is 0. The molecule has 15 heavy (non-hydrogen) atoms. The van der Waals surface area contributed by atoms with Crippen molar-refractivity contribution in [2.75, 3.05) is 0 Å². The third-order valence-corrected chi connectivity index (χ3v) is 4.14. The molecule has 0 aliphatic carbocycles. The van der Waals surface area contributed by atoms with E-state index in [0.29, 0.717) is 0 Å². The van der Waals surface area contributed by atoms with E-state index in [9.17, 15) is 0 Å². The van der Waals surface area contributed by atoms with E-state index in [1.54, 1.807) is 0 Å². The van der Waals surface area contributed by atoms with E-state index in [2.05, 4.69) is 36.8 Å². The number of benzene rings is 1. The van der Waals surface area contributed by atoms with E-state index in [4.69, 9.17) is 11.6 Å². The van der Waals surface area contributed by atoms with Crippen LogP contribution in [-0.4, -0.2) is 13.1 Å². The molecule has 0 radical (unpaired) electrons. The van der Waals surface area contributed by atoms with Crippen molar-refractivity contribution in [2.45, 2.75) is 25.7 Å². The Morgan fingerprint density at radius 3 is 2.60 bits per heavy atom. The van der Waals surface area contributed by atoms with Crippen LogP contribution in [-0.2, 0) is 6.04 Å². The average Bonchev–Trinajstić information content (AvgIpc) is 2.45. The second-order valence-electron chi connectivity index (χ2n) is 5.24. The average molecular weight is 238 g/mol. The Bertz CT molecular complexity index is 482. The van der Waals surface area contributed by atoms with Gasteiger partial charge in [0, 0.05) is 11.1 Å². The van der Waals surface area contributed by atoms with Gasteiger partial charge in [-0.05, 0) is 18.2 Å². The fraction of sp³-hybridized carbons (Fsp3) is 0.333. The quantitative estimate of drug-likeness (QED) is 0.752. The first-order valence-electron chi connectivity index (χ1n) is 5.22. The molecule has 1 heterocycles. The van der Waals surface area contributed by atoms with Crippen LogP contribution in [0.4, 0.5) is 0 Å². The van der Waals surface area contributed by atoms with Crippen LogP contribution in [0.15, 0.2) is 24.3 Å². The lowest BCUT2D eigenvalue weighted by Gasteiger charge is -2.13. The van der Waals surface area contributed by atoms with Gasteiger partial charge >= 0.3 is 0 Å². The summed E-state index contributed by atoms with van der Waals surface area (Å²) in [6.07, 6.45) is 0. The molecular formula is C12H16ClNSi. The number of H-pyrrole nitrogens is 1. The van der Waals surface area contributed by atoms with E-state index in [-0.39, 0.29) is 0 Å². The summed E-state index contributed by atoms with van der Waals surface area (Å²) in [6.45, 7) is 7.13. The molecular weight excluding hydrogens is 222 g/mol. The molecule has 1 aromatic heterocycles. The second-order valence-corrected chi connectivity index (χ2v) is 11.1. The van der Waals surface area contributed by atoms with Crippen LogP contribution in [0.3, 0.4) is 0 Å². The molecule has 80 valence electrons. The van der Waals surface area contributed by atoms with E-state index in [1.807, 2.05) is 12.1 Å². The van der Waals surface area contributed by atoms with E-state index in [0.717, 1.165) is 10.5 Å². The molecule has 1 nitrogen and oxygen atoms in total. The number of hydrogen-bond acceptors (Lipinski definition) is 0. The normalized spacial score (nSPS) is 12.3. The topological polar surface area (TPSA) is 15.8 Å². The van der Waals surface area contributed by atoms with Crippen molar-refractivity contribution in [3.8, 4) is 0 Å². The second kappa shape index (κ2) is 3.69. The molecule has 0 bridgehead atoms. The Morgan fingerprint density at radius 1 is 1.27 bits per heavy atom. The maximum absolute atomic E-state index is 6.12. The summed E-state index contributed by atoms with van der Waals surface area (Å²) in [5.74, 6) is 0. The largest absolute Gasteiger partial charge is 0.357 e. The minimum Gasteiger partial charge on any atom is -0.357 e. The zero-order valence-corrected chi connectivity index (χ0v) is 11.2. The Hall–Kier alpha value is -0.733. The highest BCUT2D eigenvalue weighted by molar-refractivity contribution is 6.75. The summed E-state index contributed by atoms with van der Waals surface area (Å²) in [7, 11) is -1.05. The smallest absolute Gasteiger partial charge is 0.0647 e. The molecule has 0 amide bonds. The van der Waals surface area contributed by atoms with E-state index in [1.165, 1.54) is 17.1 Å². The molecule has 1 N–H and O–H groups in total. The predicted octanol–water partition coefficient (Wildman–Crippen LogP) is 4.24. The molecule has 0 fully saturated rings. The van der Waals surface area contributed by atoms with Gasteiger partial charge in [-0.2, -0.15) is 0 Å². The van der Waals surface area contributed by atoms with Gasteiger partial charge < -0.3 is 4.98 Å². The molecule has 0 spiro atoms. The SMILES string of the molecule is C[Si](C)(C)Cc1cc2cccc(Cl)c2[nH]1. The van der Waals surface area contributed by atoms with Gasteiger partial charge in [-0.25, -0.2) is 0 Å². The maximum Gasteiger partial charge on any atom is 0.0647 e. The van der Waals surface area contributed by atoms with Gasteiger partial charge in [0.1, 0.15) is 0 Å². The fourth-order valence-corrected chi connectivity index (χ4v) is 3.41. The Kier molecular flexibility index (Phi) is 2.65. The lowest BCUT2D eigenvalue weighted by Crippen LogP contribution is -2.23. The van der Waals surface area contributed by atoms with Gasteiger partial charge in [0.2, 0.25) is 0 Å². The molecule has 0 unspecified atom stereocenters. The standard InChI is InChI=1S/C12H16ClNSi/c1-15(2,3)8-10-7-9-5-4-6-11(13)12(9)14-10/h4-7,14H,8H2,1-3H3. The highest BCUT2D eigenvalue weighted by Gasteiger charge is 2.15. The highest BCUT2D eigenvalue weighted by Crippen LogP contribution is 2.24. The molecule has 3 heteroatoms. The minimum absolute atomic E-state index is 0.814. The van der Waals surface area contributed by atoms with Crippen LogP contribution in [0.2, 0.25) is 24.7 Å². The monoisotopic (exact) mass is 237 g/mol. The summed E-state index contributed by atoms with van der Waals surface area (Å²) in [4.78, 5) is 3.42. The van der Waals surface area contributed by atoms with Crippen LogP contribution in [0.1, 0.15) is 5.69 Å². The summed E-state index contributed by atoms with van der Waals surface area (Å²) >= 11 is 6.12. The molecule has 1 aromatic carbocycles. The molecule has 2 aromatic rings. The van der Waals surface area contributed by atoms with Crippen LogP contribution in [0.25, 0.3) is 10.9 Å². The maximum atomic E-state index is 6.12. The third kappa shape index (κ3) is 2.44. The molecule has 0 aliphatic heterocycles. The molecule has 2 rings (SSSR count). The number of fused-ring (bicyclic) bond motifs is 1. The summed E-state index contributed by atoms with van der Waals surface area (Å²) in [5.41, 5.74) is 2.39. The number of aromatic amines is 1. The first-order valence-corrected chi connectivity index (χ1v) is 9.30. The third-order valence-electron chi connectivity index (χ3n) is 2.38. The fourth-order valence-electron chi connectivity index (χ4n) is 1.84. The van der Waals surface area contributed by atoms with E-state index >= 15 is 0 Å². The summed E-state index contributed by atoms with van der Waals surface area (Å²) in [6, 6.07) is 9.43. The van der Waals surface area contributed by atoms with Crippen LogP contribution >= 0.6 is 11.6 Å². The van der Waals surface area contributed by atoms with Crippen molar-refractivity contribution < 1.29 is 0 Å².